The van der Waals surface area contributed by atoms with Crippen LogP contribution in [0.3, 0.4) is 0 Å². The van der Waals surface area contributed by atoms with E-state index in [2.05, 4.69) is 15.2 Å². The van der Waals surface area contributed by atoms with Crippen molar-refractivity contribution in [3.63, 3.8) is 0 Å². The number of rotatable bonds is 1. The molecule has 11 heavy (non-hydrogen) atoms. The highest BCUT2D eigenvalue weighted by Crippen LogP contribution is 1.99. The third-order valence-electron chi connectivity index (χ3n) is 1.49. The van der Waals surface area contributed by atoms with Crippen molar-refractivity contribution in [3.05, 3.63) is 24.5 Å². The Morgan fingerprint density at radius 1 is 1.45 bits per heavy atom. The molecule has 0 aliphatic carbocycles. The fourth-order valence-corrected chi connectivity index (χ4v) is 0.958. The van der Waals surface area contributed by atoms with Crippen molar-refractivity contribution in [1.82, 2.24) is 19.6 Å². The molecule has 5 nitrogen and oxygen atoms in total. The summed E-state index contributed by atoms with van der Waals surface area (Å²) in [4.78, 5) is 3.94. The third-order valence-corrected chi connectivity index (χ3v) is 1.49. The molecule has 2 rings (SSSR count). The van der Waals surface area contributed by atoms with Gasteiger partial charge in [-0.05, 0) is 0 Å². The molecule has 56 valence electrons. The van der Waals surface area contributed by atoms with E-state index in [0.717, 1.165) is 11.3 Å². The average Bonchev–Trinajstić information content (AvgIpc) is 2.50. The van der Waals surface area contributed by atoms with E-state index in [0.29, 0.717) is 6.54 Å². The van der Waals surface area contributed by atoms with Gasteiger partial charge in [-0.25, -0.2) is 4.98 Å². The lowest BCUT2D eigenvalue weighted by Crippen LogP contribution is -2.07. The quantitative estimate of drug-likeness (QED) is 0.598. The first-order valence-corrected chi connectivity index (χ1v) is 3.24. The van der Waals surface area contributed by atoms with Crippen LogP contribution in [0.5, 0.6) is 0 Å². The number of hydrogen-bond donors (Lipinski definition) is 1. The second-order valence-corrected chi connectivity index (χ2v) is 2.15. The SMILES string of the molecule is NCc1nncc2cncn12. The Morgan fingerprint density at radius 2 is 2.36 bits per heavy atom. The Kier molecular flexibility index (Phi) is 1.29. The number of imidazole rings is 1. The molecule has 2 N–H and O–H groups in total. The maximum absolute atomic E-state index is 5.42. The van der Waals surface area contributed by atoms with Crippen molar-refractivity contribution in [2.24, 2.45) is 5.73 Å². The maximum Gasteiger partial charge on any atom is 0.151 e. The smallest absolute Gasteiger partial charge is 0.151 e. The van der Waals surface area contributed by atoms with E-state index >= 15 is 0 Å². The van der Waals surface area contributed by atoms with Gasteiger partial charge in [0.1, 0.15) is 6.33 Å². The molecule has 0 aliphatic heterocycles. The predicted octanol–water partition coefficient (Wildman–Crippen LogP) is -0.417. The third kappa shape index (κ3) is 0.857. The Hall–Kier alpha value is -1.49. The summed E-state index contributed by atoms with van der Waals surface area (Å²) in [6, 6.07) is 0. The molecule has 2 aromatic heterocycles. The zero-order valence-corrected chi connectivity index (χ0v) is 5.81. The van der Waals surface area contributed by atoms with Crippen LogP contribution in [0.25, 0.3) is 5.52 Å². The highest BCUT2D eigenvalue weighted by atomic mass is 15.2. The molecule has 2 heterocycles. The van der Waals surface area contributed by atoms with Crippen molar-refractivity contribution < 1.29 is 0 Å². The maximum atomic E-state index is 5.42. The zero-order valence-electron chi connectivity index (χ0n) is 5.81. The largest absolute Gasteiger partial charge is 0.324 e. The predicted molar refractivity (Wildman–Crippen MR) is 38.7 cm³/mol. The topological polar surface area (TPSA) is 69.1 Å². The number of aromatic nitrogens is 4. The van der Waals surface area contributed by atoms with Crippen LogP contribution in [0.4, 0.5) is 0 Å². The summed E-state index contributed by atoms with van der Waals surface area (Å²) in [6.07, 6.45) is 5.03. The highest BCUT2D eigenvalue weighted by Gasteiger charge is 1.98. The standard InChI is InChI=1S/C6H7N5/c7-1-6-10-9-3-5-2-8-4-11(5)6/h2-4H,1,7H2. The molecule has 0 fully saturated rings. The van der Waals surface area contributed by atoms with Crippen molar-refractivity contribution in [3.8, 4) is 0 Å². The van der Waals surface area contributed by atoms with Crippen LogP contribution in [-0.2, 0) is 6.54 Å². The van der Waals surface area contributed by atoms with Crippen molar-refractivity contribution in [2.45, 2.75) is 6.54 Å². The summed E-state index contributed by atoms with van der Waals surface area (Å²) >= 11 is 0. The summed E-state index contributed by atoms with van der Waals surface area (Å²) in [5, 5.41) is 7.61. The Balaban J connectivity index is 2.79. The molecule has 5 heteroatoms. The van der Waals surface area contributed by atoms with Crippen molar-refractivity contribution in [1.29, 1.82) is 0 Å². The minimum Gasteiger partial charge on any atom is -0.324 e. The van der Waals surface area contributed by atoms with E-state index in [1.807, 2.05) is 4.40 Å². The first-order chi connectivity index (χ1) is 5.42. The summed E-state index contributed by atoms with van der Waals surface area (Å²) in [5.74, 6) is 0.722. The molecule has 2 aromatic rings. The molecule has 0 amide bonds. The van der Waals surface area contributed by atoms with Gasteiger partial charge < -0.3 is 5.73 Å². The van der Waals surface area contributed by atoms with Crippen LogP contribution in [-0.4, -0.2) is 19.6 Å². The average molecular weight is 149 g/mol. The van der Waals surface area contributed by atoms with E-state index in [-0.39, 0.29) is 0 Å². The lowest BCUT2D eigenvalue weighted by molar-refractivity contribution is 0.806. The number of fused-ring (bicyclic) bond motifs is 1. The van der Waals surface area contributed by atoms with Crippen LogP contribution in [0.2, 0.25) is 0 Å². The molecule has 0 saturated heterocycles. The fraction of sp³-hybridized carbons (Fsp3) is 0.167. The monoisotopic (exact) mass is 149 g/mol. The Labute approximate surface area is 62.9 Å². The zero-order chi connectivity index (χ0) is 7.68. The Morgan fingerprint density at radius 3 is 3.18 bits per heavy atom. The van der Waals surface area contributed by atoms with Crippen LogP contribution in [0.1, 0.15) is 5.82 Å². The summed E-state index contributed by atoms with van der Waals surface area (Å²) in [5.41, 5.74) is 6.34. The van der Waals surface area contributed by atoms with Crippen molar-refractivity contribution >= 4 is 5.52 Å². The molecule has 0 unspecified atom stereocenters. The van der Waals surface area contributed by atoms with E-state index in [9.17, 15) is 0 Å². The molecule has 0 bridgehead atoms. The van der Waals surface area contributed by atoms with Gasteiger partial charge in [0, 0.05) is 0 Å². The lowest BCUT2D eigenvalue weighted by atomic mass is 10.5. The summed E-state index contributed by atoms with van der Waals surface area (Å²) < 4.78 is 1.81. The molecular formula is C6H7N5. The van der Waals surface area contributed by atoms with Crippen molar-refractivity contribution in [2.75, 3.05) is 0 Å². The summed E-state index contributed by atoms with van der Waals surface area (Å²) in [6.45, 7) is 0.376. The van der Waals surface area contributed by atoms with E-state index in [1.54, 1.807) is 18.7 Å². The van der Waals surface area contributed by atoms with Gasteiger partial charge in [-0.3, -0.25) is 4.40 Å². The van der Waals surface area contributed by atoms with Gasteiger partial charge >= 0.3 is 0 Å². The first-order valence-electron chi connectivity index (χ1n) is 3.24. The van der Waals surface area contributed by atoms with Crippen LogP contribution >= 0.6 is 0 Å². The highest BCUT2D eigenvalue weighted by molar-refractivity contribution is 5.41. The van der Waals surface area contributed by atoms with Gasteiger partial charge in [-0.1, -0.05) is 0 Å². The van der Waals surface area contributed by atoms with Crippen LogP contribution in [0, 0.1) is 0 Å². The second kappa shape index (κ2) is 2.28. The molecule has 0 atom stereocenters. The Bertz CT molecular complexity index is 366. The number of hydrogen-bond acceptors (Lipinski definition) is 4. The number of nitrogens with zero attached hydrogens (tertiary/aromatic N) is 4. The molecule has 0 aliphatic rings. The van der Waals surface area contributed by atoms with Gasteiger partial charge in [0.2, 0.25) is 0 Å². The van der Waals surface area contributed by atoms with Crippen LogP contribution in [0.15, 0.2) is 18.7 Å². The molecule has 0 saturated carbocycles. The molecule has 0 aromatic carbocycles. The lowest BCUT2D eigenvalue weighted by Gasteiger charge is -1.97. The molecular weight excluding hydrogens is 142 g/mol. The molecule has 0 spiro atoms. The molecule has 0 radical (unpaired) electrons. The second-order valence-electron chi connectivity index (χ2n) is 2.15. The van der Waals surface area contributed by atoms with Gasteiger partial charge in [-0.15, -0.1) is 5.10 Å². The minimum absolute atomic E-state index is 0.376. The minimum atomic E-state index is 0.376. The normalized spacial score (nSPS) is 10.6. The fourth-order valence-electron chi connectivity index (χ4n) is 0.958. The van der Waals surface area contributed by atoms with Crippen LogP contribution < -0.4 is 5.73 Å². The number of nitrogens with two attached hydrogens (primary N) is 1. The van der Waals surface area contributed by atoms with E-state index < -0.39 is 0 Å². The van der Waals surface area contributed by atoms with Gasteiger partial charge in [0.15, 0.2) is 5.82 Å². The van der Waals surface area contributed by atoms with E-state index in [1.165, 1.54) is 0 Å². The first kappa shape index (κ1) is 6.23. The summed E-state index contributed by atoms with van der Waals surface area (Å²) in [7, 11) is 0. The van der Waals surface area contributed by atoms with Gasteiger partial charge in [-0.2, -0.15) is 5.10 Å². The van der Waals surface area contributed by atoms with Gasteiger partial charge in [0.25, 0.3) is 0 Å². The van der Waals surface area contributed by atoms with Gasteiger partial charge in [0.05, 0.1) is 24.5 Å². The van der Waals surface area contributed by atoms with E-state index in [4.69, 9.17) is 5.73 Å².